The van der Waals surface area contributed by atoms with Crippen molar-refractivity contribution in [1.82, 2.24) is 10.2 Å². The number of carbonyl (C=O) groups is 3. The third-order valence-corrected chi connectivity index (χ3v) is 6.93. The summed E-state index contributed by atoms with van der Waals surface area (Å²) in [5.74, 6) is -0.608. The van der Waals surface area contributed by atoms with Gasteiger partial charge in [0.05, 0.1) is 0 Å². The average molecular weight is 405 g/mol. The second kappa shape index (κ2) is 6.31. The van der Waals surface area contributed by atoms with E-state index < -0.39 is 39.6 Å². The normalized spacial score (nSPS) is 28.1. The van der Waals surface area contributed by atoms with Crippen molar-refractivity contribution in [2.45, 2.75) is 75.3 Å². The summed E-state index contributed by atoms with van der Waals surface area (Å²) in [6.07, 6.45) is -0.566. The van der Waals surface area contributed by atoms with Crippen LogP contribution in [-0.4, -0.2) is 61.7 Å². The van der Waals surface area contributed by atoms with Crippen LogP contribution in [0.2, 0.25) is 39.3 Å². The molecule has 0 aromatic heterocycles. The summed E-state index contributed by atoms with van der Waals surface area (Å²) in [6.45, 7) is 15.4. The third kappa shape index (κ3) is 4.40. The lowest BCUT2D eigenvalue weighted by Gasteiger charge is -2.44. The maximum absolute atomic E-state index is 12.6. The zero-order chi connectivity index (χ0) is 19.4. The van der Waals surface area contributed by atoms with Crippen molar-refractivity contribution >= 4 is 46.4 Å². The maximum atomic E-state index is 12.6. The lowest BCUT2D eigenvalue weighted by molar-refractivity contribution is -0.158. The molecule has 2 heterocycles. The summed E-state index contributed by atoms with van der Waals surface area (Å²) in [7, 11) is -4.08. The summed E-state index contributed by atoms with van der Waals surface area (Å²) in [5, 5.41) is 2.39. The Bertz CT molecular complexity index is 600. The lowest BCUT2D eigenvalue weighted by Crippen LogP contribution is -2.71. The molecule has 2 saturated heterocycles. The fourth-order valence-electron chi connectivity index (χ4n) is 2.92. The van der Waals surface area contributed by atoms with Gasteiger partial charge in [-0.2, -0.15) is 0 Å². The molecule has 10 heteroatoms. The number of rotatable bonds is 4. The number of hydrogen-bond acceptors (Lipinski definition) is 6. The molecular weight excluding hydrogens is 376 g/mol. The van der Waals surface area contributed by atoms with Crippen molar-refractivity contribution in [3.8, 4) is 0 Å². The quantitative estimate of drug-likeness (QED) is 0.572. The predicted octanol–water partition coefficient (Wildman–Crippen LogP) is 2.36. The van der Waals surface area contributed by atoms with Crippen LogP contribution in [0.5, 0.6) is 0 Å². The summed E-state index contributed by atoms with van der Waals surface area (Å²) < 4.78 is 10.5. The highest BCUT2D eigenvalue weighted by molar-refractivity contribution is 8.01. The maximum Gasteiger partial charge on any atom is 0.394 e. The molecule has 2 aliphatic heterocycles. The van der Waals surface area contributed by atoms with E-state index in [-0.39, 0.29) is 17.3 Å². The Morgan fingerprint density at radius 2 is 1.60 bits per heavy atom. The van der Waals surface area contributed by atoms with E-state index in [2.05, 4.69) is 5.32 Å². The van der Waals surface area contributed by atoms with Gasteiger partial charge in [0.15, 0.2) is 0 Å². The minimum Gasteiger partial charge on any atom is -0.518 e. The van der Waals surface area contributed by atoms with Crippen molar-refractivity contribution in [2.75, 3.05) is 0 Å². The highest BCUT2D eigenvalue weighted by Crippen LogP contribution is 2.51. The molecule has 0 spiro atoms. The number of carbonyl (C=O) groups excluding carboxylic acids is 3. The highest BCUT2D eigenvalue weighted by atomic mass is 32.2. The largest absolute Gasteiger partial charge is 0.518 e. The molecular formula is C15H28N2O5SSi2. The second-order valence-electron chi connectivity index (χ2n) is 8.92. The Morgan fingerprint density at radius 1 is 1.08 bits per heavy atom. The molecule has 0 aromatic carbocycles. The van der Waals surface area contributed by atoms with Gasteiger partial charge in [-0.25, -0.2) is 4.79 Å². The first-order valence-electron chi connectivity index (χ1n) is 8.35. The number of fused-ring (bicyclic) bond motifs is 1. The molecule has 0 aromatic rings. The van der Waals surface area contributed by atoms with Crippen molar-refractivity contribution in [1.29, 1.82) is 0 Å². The van der Waals surface area contributed by atoms with E-state index in [1.165, 1.54) is 11.8 Å². The van der Waals surface area contributed by atoms with E-state index in [4.69, 9.17) is 8.85 Å². The Labute approximate surface area is 155 Å². The summed E-state index contributed by atoms with van der Waals surface area (Å²) in [5.41, 5.74) is 0. The molecule has 1 unspecified atom stereocenters. The van der Waals surface area contributed by atoms with Crippen molar-refractivity contribution in [3.63, 3.8) is 0 Å². The van der Waals surface area contributed by atoms with E-state index >= 15 is 0 Å². The van der Waals surface area contributed by atoms with Gasteiger partial charge in [-0.05, 0) is 53.1 Å². The van der Waals surface area contributed by atoms with E-state index in [0.717, 1.165) is 0 Å². The van der Waals surface area contributed by atoms with Crippen molar-refractivity contribution in [3.05, 3.63) is 0 Å². The number of amides is 2. The van der Waals surface area contributed by atoms with Crippen LogP contribution in [0.1, 0.15) is 13.8 Å². The fraction of sp³-hybridized carbons (Fsp3) is 0.800. The third-order valence-electron chi connectivity index (χ3n) is 3.74. The summed E-state index contributed by atoms with van der Waals surface area (Å²) in [6, 6.07) is -1.29. The van der Waals surface area contributed by atoms with Gasteiger partial charge >= 0.3 is 12.1 Å². The van der Waals surface area contributed by atoms with Crippen LogP contribution in [0, 0.1) is 0 Å². The zero-order valence-electron chi connectivity index (χ0n) is 16.1. The van der Waals surface area contributed by atoms with E-state index in [9.17, 15) is 14.4 Å². The number of β-lactam (4-membered cyclic amide) rings is 1. The first-order valence-corrected chi connectivity index (χ1v) is 16.0. The van der Waals surface area contributed by atoms with Crippen LogP contribution >= 0.6 is 11.8 Å². The summed E-state index contributed by atoms with van der Waals surface area (Å²) >= 11 is 1.51. The van der Waals surface area contributed by atoms with Gasteiger partial charge in [-0.3, -0.25) is 9.59 Å². The van der Waals surface area contributed by atoms with Crippen molar-refractivity contribution in [2.24, 2.45) is 0 Å². The molecule has 0 bridgehead atoms. The molecule has 0 radical (unpaired) electrons. The molecule has 142 valence electrons. The zero-order valence-corrected chi connectivity index (χ0v) is 18.9. The van der Waals surface area contributed by atoms with E-state index in [1.54, 1.807) is 4.90 Å². The fourth-order valence-corrected chi connectivity index (χ4v) is 5.87. The van der Waals surface area contributed by atoms with Crippen molar-refractivity contribution < 1.29 is 23.2 Å². The first-order chi connectivity index (χ1) is 11.1. The van der Waals surface area contributed by atoms with Gasteiger partial charge in [-0.1, -0.05) is 0 Å². The summed E-state index contributed by atoms with van der Waals surface area (Å²) in [4.78, 5) is 38.7. The van der Waals surface area contributed by atoms with Crippen LogP contribution in [0.15, 0.2) is 0 Å². The number of nitrogens with one attached hydrogen (secondary N) is 1. The van der Waals surface area contributed by atoms with Crippen LogP contribution in [0.4, 0.5) is 4.79 Å². The molecule has 3 atom stereocenters. The number of hydrogen-bond donors (Lipinski definition) is 1. The van der Waals surface area contributed by atoms with Gasteiger partial charge in [0.1, 0.15) is 17.5 Å². The predicted molar refractivity (Wildman–Crippen MR) is 102 cm³/mol. The molecule has 0 saturated carbocycles. The van der Waals surface area contributed by atoms with Gasteiger partial charge in [0.2, 0.25) is 22.5 Å². The molecule has 2 aliphatic rings. The van der Waals surface area contributed by atoms with E-state index in [1.807, 2.05) is 53.1 Å². The molecule has 2 fully saturated rings. The monoisotopic (exact) mass is 404 g/mol. The lowest BCUT2D eigenvalue weighted by atomic mass is 9.96. The Hall–Kier alpha value is -1.01. The molecule has 2 amide bonds. The van der Waals surface area contributed by atoms with Gasteiger partial charge in [-0.15, -0.1) is 11.8 Å². The van der Waals surface area contributed by atoms with E-state index in [0.29, 0.717) is 0 Å². The van der Waals surface area contributed by atoms with Crippen LogP contribution in [-0.2, 0) is 18.4 Å². The topological polar surface area (TPSA) is 84.9 Å². The minimum absolute atomic E-state index is 0.256. The SMILES string of the molecule is CC1(C)S[C@@H]2C(NC(=O)O[Si](C)(C)C)C(=O)N2[C@H]1C(=O)O[Si](C)(C)C. The van der Waals surface area contributed by atoms with Gasteiger partial charge in [0, 0.05) is 4.75 Å². The standard InChI is InChI=1S/C15H28N2O5SSi2/c1-15(2)10(13(19)21-24(3,4)5)17-11(18)9(12(17)23-15)16-14(20)22-25(6,7)8/h9-10,12H,1-8H3,(H,16,20)/t9?,10-,12+/m0/s1. The Balaban J connectivity index is 2.10. The molecule has 1 N–H and O–H groups in total. The van der Waals surface area contributed by atoms with Crippen LogP contribution < -0.4 is 5.32 Å². The molecule has 25 heavy (non-hydrogen) atoms. The average Bonchev–Trinajstić information content (AvgIpc) is 2.60. The molecule has 2 rings (SSSR count). The molecule has 0 aliphatic carbocycles. The number of nitrogens with zero attached hydrogens (tertiary/aromatic N) is 1. The smallest absolute Gasteiger partial charge is 0.394 e. The minimum atomic E-state index is -2.05. The first kappa shape index (κ1) is 20.3. The number of thioether (sulfide) groups is 1. The Kier molecular flexibility index (Phi) is 5.12. The van der Waals surface area contributed by atoms with Crippen LogP contribution in [0.3, 0.4) is 0 Å². The van der Waals surface area contributed by atoms with Gasteiger partial charge in [0.25, 0.3) is 0 Å². The van der Waals surface area contributed by atoms with Gasteiger partial charge < -0.3 is 19.1 Å². The molecule has 7 nitrogen and oxygen atoms in total. The van der Waals surface area contributed by atoms with Crippen LogP contribution in [0.25, 0.3) is 0 Å². The highest BCUT2D eigenvalue weighted by Gasteiger charge is 2.64. The Morgan fingerprint density at radius 3 is 2.08 bits per heavy atom. The second-order valence-corrected chi connectivity index (χ2v) is 19.5.